The van der Waals surface area contributed by atoms with Crippen molar-refractivity contribution < 1.29 is 33.5 Å². The molecule has 1 fully saturated rings. The quantitative estimate of drug-likeness (QED) is 0.292. The number of oxazole rings is 1. The summed E-state index contributed by atoms with van der Waals surface area (Å²) in [4.78, 5) is 66.1. The maximum atomic E-state index is 13.6. The van der Waals surface area contributed by atoms with Crippen LogP contribution in [-0.2, 0) is 25.6 Å². The first-order chi connectivity index (χ1) is 21.0. The van der Waals surface area contributed by atoms with Crippen LogP contribution in [0, 0.1) is 11.8 Å². The van der Waals surface area contributed by atoms with Gasteiger partial charge in [0.25, 0.3) is 11.9 Å². The molecule has 1 aromatic carbocycles. The summed E-state index contributed by atoms with van der Waals surface area (Å²) in [6.07, 6.45) is 4.68. The Bertz CT molecular complexity index is 1260. The van der Waals surface area contributed by atoms with Crippen molar-refractivity contribution >= 4 is 29.6 Å². The lowest BCUT2D eigenvalue weighted by molar-refractivity contribution is -0.134. The molecule has 2 aliphatic heterocycles. The molecule has 0 spiro atoms. The zero-order valence-corrected chi connectivity index (χ0v) is 25.6. The number of benzene rings is 1. The summed E-state index contributed by atoms with van der Waals surface area (Å²) in [7, 11) is 0. The molecule has 44 heavy (non-hydrogen) atoms. The molecular weight excluding hydrogens is 568 g/mol. The van der Waals surface area contributed by atoms with Gasteiger partial charge in [0.1, 0.15) is 24.4 Å². The van der Waals surface area contributed by atoms with Gasteiger partial charge in [-0.3, -0.25) is 24.0 Å². The molecule has 1 saturated heterocycles. The number of rotatable bonds is 5. The summed E-state index contributed by atoms with van der Waals surface area (Å²) >= 11 is 0. The van der Waals surface area contributed by atoms with E-state index in [9.17, 15) is 19.2 Å². The number of carboxylic acids is 1. The first kappa shape index (κ1) is 34.2. The van der Waals surface area contributed by atoms with Crippen LogP contribution in [0.3, 0.4) is 0 Å². The van der Waals surface area contributed by atoms with E-state index >= 15 is 0 Å². The molecule has 6 N–H and O–H groups in total. The number of amides is 4. The summed E-state index contributed by atoms with van der Waals surface area (Å²) in [5.74, 6) is -2.32. The summed E-state index contributed by atoms with van der Waals surface area (Å²) in [5.41, 5.74) is 1.08. The lowest BCUT2D eigenvalue weighted by Crippen LogP contribution is -2.56. The van der Waals surface area contributed by atoms with Gasteiger partial charge in [-0.1, -0.05) is 44.2 Å². The Balaban J connectivity index is 0.00000124. The number of hydrogen-bond acceptors (Lipinski definition) is 8. The fourth-order valence-corrected chi connectivity index (χ4v) is 5.06. The van der Waals surface area contributed by atoms with Crippen molar-refractivity contribution in [3.8, 4) is 0 Å². The van der Waals surface area contributed by atoms with Gasteiger partial charge in [-0.15, -0.1) is 0 Å². The van der Waals surface area contributed by atoms with Crippen LogP contribution in [0.2, 0.25) is 0 Å². The third-order valence-electron chi connectivity index (χ3n) is 7.45. The van der Waals surface area contributed by atoms with Gasteiger partial charge < -0.3 is 36.1 Å². The van der Waals surface area contributed by atoms with Crippen molar-refractivity contribution in [3.63, 3.8) is 0 Å². The van der Waals surface area contributed by atoms with Crippen molar-refractivity contribution in [1.29, 1.82) is 0 Å². The molecule has 2 aromatic rings. The van der Waals surface area contributed by atoms with Gasteiger partial charge in [0.2, 0.25) is 23.6 Å². The number of aliphatic carboxylic acids is 1. The maximum Gasteiger partial charge on any atom is 0.300 e. The third-order valence-corrected chi connectivity index (χ3v) is 7.45. The summed E-state index contributed by atoms with van der Waals surface area (Å²) in [6.45, 7) is 6.70. The van der Waals surface area contributed by atoms with E-state index in [4.69, 9.17) is 14.3 Å². The second kappa shape index (κ2) is 17.1. The summed E-state index contributed by atoms with van der Waals surface area (Å²) < 4.78 is 5.65. The molecule has 13 heteroatoms. The van der Waals surface area contributed by atoms with Gasteiger partial charge in [0.05, 0.1) is 0 Å². The van der Waals surface area contributed by atoms with Gasteiger partial charge in [0, 0.05) is 25.8 Å². The number of carboxylic acid groups (broad SMARTS) is 1. The van der Waals surface area contributed by atoms with Crippen LogP contribution in [-0.4, -0.2) is 71.4 Å². The monoisotopic (exact) mass is 612 g/mol. The van der Waals surface area contributed by atoms with Crippen LogP contribution in [0.15, 0.2) is 41.0 Å². The highest BCUT2D eigenvalue weighted by Crippen LogP contribution is 2.20. The van der Waals surface area contributed by atoms with Crippen molar-refractivity contribution in [3.05, 3.63) is 53.7 Å². The minimum absolute atomic E-state index is 0.134. The van der Waals surface area contributed by atoms with Gasteiger partial charge in [-0.05, 0) is 56.7 Å². The standard InChI is InChI=1S/C29H40N6O5.C2H4O2/c1-18(2)24-28(39)33-22(16-19-8-4-3-5-9-19)29-34-23(17-40-29)26(37)31-13-7-6-10-21(27(38)35-24)32-25(36)20-11-14-30-15-12-20;1-2(3)4/h3-5,8-9,17-18,20-22,24,30H,6-7,10-16H2,1-2H3,(H,31,37)(H,32,36)(H,33,39)(H,35,38);1H3,(H,3,4)/t21-,22+,24-;/m0./s1. The van der Waals surface area contributed by atoms with Gasteiger partial charge >= 0.3 is 0 Å². The molecule has 0 unspecified atom stereocenters. The Morgan fingerprint density at radius 3 is 2.34 bits per heavy atom. The fourth-order valence-electron chi connectivity index (χ4n) is 5.06. The molecule has 4 amide bonds. The van der Waals surface area contributed by atoms with E-state index in [0.29, 0.717) is 45.1 Å². The van der Waals surface area contributed by atoms with Crippen LogP contribution in [0.1, 0.15) is 80.9 Å². The normalized spacial score (nSPS) is 22.1. The smallest absolute Gasteiger partial charge is 0.300 e. The molecule has 3 atom stereocenters. The Morgan fingerprint density at radius 2 is 1.68 bits per heavy atom. The fraction of sp³-hybridized carbons (Fsp3) is 0.548. The van der Waals surface area contributed by atoms with Crippen molar-refractivity contribution in [2.24, 2.45) is 11.8 Å². The molecule has 0 radical (unpaired) electrons. The van der Waals surface area contributed by atoms with Crippen molar-refractivity contribution in [2.75, 3.05) is 19.6 Å². The van der Waals surface area contributed by atoms with E-state index in [1.54, 1.807) is 0 Å². The van der Waals surface area contributed by atoms with Crippen molar-refractivity contribution in [1.82, 2.24) is 31.6 Å². The average molecular weight is 613 g/mol. The summed E-state index contributed by atoms with van der Waals surface area (Å²) in [5, 5.41) is 22.3. The van der Waals surface area contributed by atoms with E-state index < -0.39 is 35.9 Å². The largest absolute Gasteiger partial charge is 0.481 e. The molecular formula is C31H44N6O7. The van der Waals surface area contributed by atoms with E-state index in [1.165, 1.54) is 6.26 Å². The molecule has 0 saturated carbocycles. The predicted molar refractivity (Wildman–Crippen MR) is 161 cm³/mol. The van der Waals surface area contributed by atoms with Gasteiger partial charge in [0.15, 0.2) is 5.69 Å². The van der Waals surface area contributed by atoms with Gasteiger partial charge in [-0.25, -0.2) is 4.98 Å². The maximum absolute atomic E-state index is 13.6. The van der Waals surface area contributed by atoms with Crippen LogP contribution in [0.4, 0.5) is 0 Å². The second-order valence-corrected chi connectivity index (χ2v) is 11.4. The number of nitrogens with one attached hydrogen (secondary N) is 5. The Hall–Kier alpha value is -4.26. The highest BCUT2D eigenvalue weighted by Gasteiger charge is 2.33. The zero-order chi connectivity index (χ0) is 32.1. The minimum atomic E-state index is -0.852. The van der Waals surface area contributed by atoms with E-state index in [1.807, 2.05) is 44.2 Å². The predicted octanol–water partition coefficient (Wildman–Crippen LogP) is 1.70. The van der Waals surface area contributed by atoms with Crippen molar-refractivity contribution in [2.45, 2.75) is 77.4 Å². The number of hydrogen-bond donors (Lipinski definition) is 6. The minimum Gasteiger partial charge on any atom is -0.481 e. The number of carbonyl (C=O) groups excluding carboxylic acids is 4. The summed E-state index contributed by atoms with van der Waals surface area (Å²) in [6, 6.07) is 7.25. The van der Waals surface area contributed by atoms with Crippen LogP contribution < -0.4 is 26.6 Å². The van der Waals surface area contributed by atoms with Crippen LogP contribution >= 0.6 is 0 Å². The van der Waals surface area contributed by atoms with E-state index in [0.717, 1.165) is 25.6 Å². The highest BCUT2D eigenvalue weighted by atomic mass is 16.4. The second-order valence-electron chi connectivity index (χ2n) is 11.4. The Kier molecular flexibility index (Phi) is 13.3. The molecule has 4 rings (SSSR count). The lowest BCUT2D eigenvalue weighted by Gasteiger charge is -2.28. The number of nitrogens with zero attached hydrogens (tertiary/aromatic N) is 1. The first-order valence-electron chi connectivity index (χ1n) is 15.1. The average Bonchev–Trinajstić information content (AvgIpc) is 3.49. The van der Waals surface area contributed by atoms with E-state index in [2.05, 4.69) is 31.6 Å². The zero-order valence-electron chi connectivity index (χ0n) is 25.6. The topological polar surface area (TPSA) is 192 Å². The number of carbonyl (C=O) groups is 5. The molecule has 1 aromatic heterocycles. The first-order valence-corrected chi connectivity index (χ1v) is 15.1. The highest BCUT2D eigenvalue weighted by molar-refractivity contribution is 5.93. The third kappa shape index (κ3) is 10.8. The Morgan fingerprint density at radius 1 is 1.00 bits per heavy atom. The number of aromatic nitrogens is 1. The van der Waals surface area contributed by atoms with Crippen LogP contribution in [0.5, 0.6) is 0 Å². The molecule has 13 nitrogen and oxygen atoms in total. The Labute approximate surface area is 257 Å². The molecule has 240 valence electrons. The SMILES string of the molecule is CC(=O)O.CC(C)[C@@H]1NC(=O)[C@@H](NC(=O)C2CCNCC2)CCCCNC(=O)c2coc(n2)[C@@H](Cc2ccccc2)NC1=O. The van der Waals surface area contributed by atoms with Gasteiger partial charge in [-0.2, -0.15) is 0 Å². The molecule has 2 bridgehead atoms. The lowest BCUT2D eigenvalue weighted by atomic mass is 9.96. The molecule has 2 aliphatic rings. The number of fused-ring (bicyclic) bond motifs is 2. The van der Waals surface area contributed by atoms with E-state index in [-0.39, 0.29) is 35.2 Å². The molecule has 3 heterocycles. The molecule has 0 aliphatic carbocycles. The number of piperidine rings is 1. The van der Waals surface area contributed by atoms with Crippen LogP contribution in [0.25, 0.3) is 0 Å².